The minimum atomic E-state index is -2.94. The van der Waals surface area contributed by atoms with Gasteiger partial charge in [-0.2, -0.15) is 0 Å². The van der Waals surface area contributed by atoms with Gasteiger partial charge in [0.05, 0.1) is 11.3 Å². The highest BCUT2D eigenvalue weighted by molar-refractivity contribution is 7.91. The van der Waals surface area contributed by atoms with Crippen molar-refractivity contribution in [3.8, 4) is 0 Å². The molecule has 2 unspecified atom stereocenters. The van der Waals surface area contributed by atoms with Crippen LogP contribution in [0.5, 0.6) is 0 Å². The van der Waals surface area contributed by atoms with Crippen LogP contribution >= 0.6 is 0 Å². The fourth-order valence-corrected chi connectivity index (χ4v) is 1.98. The van der Waals surface area contributed by atoms with Crippen molar-refractivity contribution >= 4 is 9.84 Å². The SMILES string of the molecule is CC(C1CNCC[N]1)S(C)(=O)=O. The van der Waals surface area contributed by atoms with Crippen LogP contribution in [0.1, 0.15) is 6.92 Å². The molecule has 1 fully saturated rings. The van der Waals surface area contributed by atoms with Crippen LogP contribution < -0.4 is 10.6 Å². The Kier molecular flexibility index (Phi) is 3.09. The van der Waals surface area contributed by atoms with Crippen LogP contribution in [0.15, 0.2) is 0 Å². The quantitative estimate of drug-likeness (QED) is 0.609. The van der Waals surface area contributed by atoms with Gasteiger partial charge < -0.3 is 5.32 Å². The Morgan fingerprint density at radius 1 is 1.58 bits per heavy atom. The second-order valence-electron chi connectivity index (χ2n) is 3.21. The van der Waals surface area contributed by atoms with Crippen molar-refractivity contribution in [3.63, 3.8) is 0 Å². The van der Waals surface area contributed by atoms with Crippen molar-refractivity contribution in [1.29, 1.82) is 0 Å². The van der Waals surface area contributed by atoms with E-state index < -0.39 is 9.84 Å². The lowest BCUT2D eigenvalue weighted by Crippen LogP contribution is -2.51. The number of nitrogens with one attached hydrogen (secondary N) is 1. The molecule has 1 heterocycles. The summed E-state index contributed by atoms with van der Waals surface area (Å²) in [5, 5.41) is 7.03. The van der Waals surface area contributed by atoms with Gasteiger partial charge in [0.15, 0.2) is 9.84 Å². The Hall–Kier alpha value is -0.130. The molecule has 1 N–H and O–H groups in total. The molecule has 2 atom stereocenters. The first-order chi connectivity index (χ1) is 5.52. The summed E-state index contributed by atoms with van der Waals surface area (Å²) in [4.78, 5) is 0. The maximum atomic E-state index is 11.1. The van der Waals surface area contributed by atoms with Gasteiger partial charge in [0.2, 0.25) is 0 Å². The van der Waals surface area contributed by atoms with Crippen LogP contribution in [0, 0.1) is 0 Å². The van der Waals surface area contributed by atoms with Crippen LogP contribution in [0.25, 0.3) is 0 Å². The molecule has 0 bridgehead atoms. The lowest BCUT2D eigenvalue weighted by molar-refractivity contribution is 0.399. The van der Waals surface area contributed by atoms with Gasteiger partial charge in [-0.3, -0.25) is 0 Å². The lowest BCUT2D eigenvalue weighted by Gasteiger charge is -2.26. The van der Waals surface area contributed by atoms with E-state index in [0.717, 1.165) is 13.1 Å². The van der Waals surface area contributed by atoms with E-state index in [1.165, 1.54) is 6.26 Å². The summed E-state index contributed by atoms with van der Waals surface area (Å²) in [6.07, 6.45) is 1.27. The molecule has 1 saturated heterocycles. The molecular weight excluding hydrogens is 176 g/mol. The largest absolute Gasteiger partial charge is 0.314 e. The number of nitrogens with zero attached hydrogens (tertiary/aromatic N) is 1. The third-order valence-corrected chi connectivity index (χ3v) is 3.89. The first kappa shape index (κ1) is 9.95. The Balaban J connectivity index is 2.57. The summed E-state index contributed by atoms with van der Waals surface area (Å²) >= 11 is 0. The summed E-state index contributed by atoms with van der Waals surface area (Å²) in [5.74, 6) is 0. The van der Waals surface area contributed by atoms with E-state index in [0.29, 0.717) is 6.54 Å². The van der Waals surface area contributed by atoms with Gasteiger partial charge in [0.1, 0.15) is 0 Å². The van der Waals surface area contributed by atoms with Crippen LogP contribution in [0.3, 0.4) is 0 Å². The highest BCUT2D eigenvalue weighted by atomic mass is 32.2. The standard InChI is InChI=1S/C7H15N2O2S/c1-6(12(2,10)11)7-5-8-3-4-9-7/h6-8H,3-5H2,1-2H3. The van der Waals surface area contributed by atoms with Crippen molar-refractivity contribution in [1.82, 2.24) is 10.6 Å². The average molecular weight is 191 g/mol. The van der Waals surface area contributed by atoms with Gasteiger partial charge >= 0.3 is 0 Å². The molecule has 5 heteroatoms. The van der Waals surface area contributed by atoms with Crippen LogP contribution in [-0.4, -0.2) is 45.6 Å². The molecule has 1 aliphatic heterocycles. The Morgan fingerprint density at radius 2 is 2.25 bits per heavy atom. The van der Waals surface area contributed by atoms with Gasteiger partial charge in [-0.25, -0.2) is 13.7 Å². The van der Waals surface area contributed by atoms with Crippen molar-refractivity contribution < 1.29 is 8.42 Å². The van der Waals surface area contributed by atoms with Gasteiger partial charge in [0.25, 0.3) is 0 Å². The number of hydrogen-bond donors (Lipinski definition) is 1. The molecule has 0 aromatic carbocycles. The topological polar surface area (TPSA) is 60.3 Å². The normalized spacial score (nSPS) is 28.3. The number of hydrogen-bond acceptors (Lipinski definition) is 3. The first-order valence-corrected chi connectivity index (χ1v) is 6.03. The molecule has 4 nitrogen and oxygen atoms in total. The van der Waals surface area contributed by atoms with Crippen molar-refractivity contribution in [2.45, 2.75) is 18.2 Å². The van der Waals surface area contributed by atoms with E-state index >= 15 is 0 Å². The predicted octanol–water partition coefficient (Wildman–Crippen LogP) is -1.00. The molecule has 1 radical (unpaired) electrons. The molecule has 1 rings (SSSR count). The molecule has 0 aromatic rings. The van der Waals surface area contributed by atoms with Crippen LogP contribution in [0.2, 0.25) is 0 Å². The van der Waals surface area contributed by atoms with Crippen molar-refractivity contribution in [2.24, 2.45) is 0 Å². The molecule has 71 valence electrons. The molecular formula is C7H15N2O2S. The predicted molar refractivity (Wildman–Crippen MR) is 48.0 cm³/mol. The zero-order valence-corrected chi connectivity index (χ0v) is 8.26. The van der Waals surface area contributed by atoms with E-state index in [9.17, 15) is 8.42 Å². The Morgan fingerprint density at radius 3 is 2.67 bits per heavy atom. The van der Waals surface area contributed by atoms with Gasteiger partial charge in [-0.15, -0.1) is 0 Å². The monoisotopic (exact) mass is 191 g/mol. The zero-order valence-electron chi connectivity index (χ0n) is 7.45. The third kappa shape index (κ3) is 2.43. The fraction of sp³-hybridized carbons (Fsp3) is 1.00. The summed E-state index contributed by atoms with van der Waals surface area (Å²) in [6.45, 7) is 4.00. The second kappa shape index (κ2) is 3.72. The number of piperazine rings is 1. The minimum absolute atomic E-state index is 0.0613. The second-order valence-corrected chi connectivity index (χ2v) is 5.61. The van der Waals surface area contributed by atoms with E-state index in [1.807, 2.05) is 0 Å². The summed E-state index contributed by atoms with van der Waals surface area (Å²) < 4.78 is 22.3. The fourth-order valence-electron chi connectivity index (χ4n) is 1.22. The van der Waals surface area contributed by atoms with E-state index in [2.05, 4.69) is 10.6 Å². The van der Waals surface area contributed by atoms with Gasteiger partial charge in [-0.1, -0.05) is 0 Å². The van der Waals surface area contributed by atoms with Gasteiger partial charge in [-0.05, 0) is 6.92 Å². The Bertz CT molecular complexity index is 232. The van der Waals surface area contributed by atoms with E-state index in [1.54, 1.807) is 6.92 Å². The van der Waals surface area contributed by atoms with Crippen molar-refractivity contribution in [3.05, 3.63) is 0 Å². The summed E-state index contributed by atoms with van der Waals surface area (Å²) in [7, 11) is -2.94. The molecule has 0 saturated carbocycles. The number of rotatable bonds is 2. The molecule has 0 spiro atoms. The third-order valence-electron chi connectivity index (χ3n) is 2.22. The maximum Gasteiger partial charge on any atom is 0.151 e. The smallest absolute Gasteiger partial charge is 0.151 e. The molecule has 1 aliphatic rings. The maximum absolute atomic E-state index is 11.1. The number of sulfone groups is 1. The summed E-state index contributed by atoms with van der Waals surface area (Å²) in [6, 6.07) is -0.0613. The highest BCUT2D eigenvalue weighted by Gasteiger charge is 2.27. The van der Waals surface area contributed by atoms with Crippen LogP contribution in [0.4, 0.5) is 0 Å². The van der Waals surface area contributed by atoms with Gasteiger partial charge in [0, 0.05) is 25.9 Å². The molecule has 12 heavy (non-hydrogen) atoms. The lowest BCUT2D eigenvalue weighted by atomic mass is 10.2. The van der Waals surface area contributed by atoms with Crippen molar-refractivity contribution in [2.75, 3.05) is 25.9 Å². The average Bonchev–Trinajstić information content (AvgIpc) is 2.03. The van der Waals surface area contributed by atoms with E-state index in [4.69, 9.17) is 0 Å². The molecule has 0 aliphatic carbocycles. The Labute approximate surface area is 73.6 Å². The van der Waals surface area contributed by atoms with Crippen LogP contribution in [-0.2, 0) is 9.84 Å². The minimum Gasteiger partial charge on any atom is -0.314 e. The zero-order chi connectivity index (χ0) is 9.19. The highest BCUT2D eigenvalue weighted by Crippen LogP contribution is 2.06. The summed E-state index contributed by atoms with van der Waals surface area (Å²) in [5.41, 5.74) is 0. The molecule has 0 amide bonds. The first-order valence-electron chi connectivity index (χ1n) is 4.08. The van der Waals surface area contributed by atoms with E-state index in [-0.39, 0.29) is 11.3 Å². The molecule has 0 aromatic heterocycles.